The first kappa shape index (κ1) is 17.4. The number of hydrogen-bond acceptors (Lipinski definition) is 3. The van der Waals surface area contributed by atoms with Crippen LogP contribution in [0.5, 0.6) is 5.75 Å². The average molecular weight is 363 g/mol. The highest BCUT2D eigenvalue weighted by Gasteiger charge is 2.50. The maximum Gasteiger partial charge on any atom is 0.416 e. The molecule has 2 atom stereocenters. The Labute approximate surface area is 150 Å². The number of hydrogen-bond donors (Lipinski definition) is 1. The summed E-state index contributed by atoms with van der Waals surface area (Å²) < 4.78 is 44.0. The third kappa shape index (κ3) is 2.97. The first-order valence-corrected chi connectivity index (χ1v) is 8.62. The van der Waals surface area contributed by atoms with E-state index in [2.05, 4.69) is 4.90 Å². The van der Waals surface area contributed by atoms with Gasteiger partial charge in [-0.15, -0.1) is 0 Å². The van der Waals surface area contributed by atoms with E-state index in [0.717, 1.165) is 35.6 Å². The molecule has 26 heavy (non-hydrogen) atoms. The summed E-state index contributed by atoms with van der Waals surface area (Å²) in [7, 11) is 0. The molecule has 2 aromatic rings. The van der Waals surface area contributed by atoms with Crippen LogP contribution in [-0.4, -0.2) is 36.3 Å². The Morgan fingerprint density at radius 1 is 1.12 bits per heavy atom. The van der Waals surface area contributed by atoms with E-state index in [1.165, 1.54) is 12.1 Å². The van der Waals surface area contributed by atoms with Crippen molar-refractivity contribution in [3.05, 3.63) is 65.2 Å². The normalized spacial score (nSPS) is 25.5. The second kappa shape index (κ2) is 6.28. The first-order valence-electron chi connectivity index (χ1n) is 8.62. The van der Waals surface area contributed by atoms with Crippen molar-refractivity contribution in [2.24, 2.45) is 5.41 Å². The summed E-state index contributed by atoms with van der Waals surface area (Å²) in [5.41, 5.74) is 0.937. The molecule has 138 valence electrons. The Balaban J connectivity index is 1.54. The molecule has 0 bridgehead atoms. The van der Waals surface area contributed by atoms with E-state index >= 15 is 0 Å². The lowest BCUT2D eigenvalue weighted by molar-refractivity contribution is -0.137. The van der Waals surface area contributed by atoms with Gasteiger partial charge in [0.2, 0.25) is 0 Å². The molecule has 4 rings (SSSR count). The van der Waals surface area contributed by atoms with Crippen molar-refractivity contribution in [3.8, 4) is 5.75 Å². The molecule has 0 radical (unpaired) electrons. The number of halogens is 3. The predicted octanol–water partition coefficient (Wildman–Crippen LogP) is 3.68. The van der Waals surface area contributed by atoms with E-state index < -0.39 is 11.7 Å². The van der Waals surface area contributed by atoms with E-state index in [4.69, 9.17) is 4.74 Å². The van der Waals surface area contributed by atoms with Gasteiger partial charge >= 0.3 is 6.18 Å². The van der Waals surface area contributed by atoms with Crippen molar-refractivity contribution < 1.29 is 23.0 Å². The minimum Gasteiger partial charge on any atom is -0.493 e. The third-order valence-electron chi connectivity index (χ3n) is 5.53. The van der Waals surface area contributed by atoms with Crippen LogP contribution in [0.25, 0.3) is 0 Å². The highest BCUT2D eigenvalue weighted by molar-refractivity contribution is 5.41. The standard InChI is InChI=1S/C20H20F3NO2/c21-20(22,23)15-7-5-14(6-8-15)9-24-10-17-16-3-1-2-4-18(16)26-13-19(17,11-24)12-25/h1-8,17,25H,9-13H2/t17-,19-/m1/s1. The van der Waals surface area contributed by atoms with E-state index in [1.54, 1.807) is 0 Å². The maximum absolute atomic E-state index is 12.7. The predicted molar refractivity (Wildman–Crippen MR) is 90.9 cm³/mol. The number of rotatable bonds is 3. The number of alkyl halides is 3. The highest BCUT2D eigenvalue weighted by Crippen LogP contribution is 2.49. The number of fused-ring (bicyclic) bond motifs is 3. The molecule has 0 amide bonds. The SMILES string of the molecule is OC[C@]12COc3ccccc3[C@H]1CN(Cc1ccc(C(F)(F)F)cc1)C2. The van der Waals surface area contributed by atoms with Crippen LogP contribution in [0, 0.1) is 5.41 Å². The molecule has 1 saturated heterocycles. The number of likely N-dealkylation sites (tertiary alicyclic amines) is 1. The Morgan fingerprint density at radius 2 is 1.85 bits per heavy atom. The van der Waals surface area contributed by atoms with Crippen molar-refractivity contribution >= 4 is 0 Å². The van der Waals surface area contributed by atoms with Crippen LogP contribution >= 0.6 is 0 Å². The lowest BCUT2D eigenvalue weighted by atomic mass is 9.74. The summed E-state index contributed by atoms with van der Waals surface area (Å²) in [4.78, 5) is 2.19. The highest BCUT2D eigenvalue weighted by atomic mass is 19.4. The molecule has 2 heterocycles. The molecular weight excluding hydrogens is 343 g/mol. The van der Waals surface area contributed by atoms with E-state index in [1.807, 2.05) is 24.3 Å². The number of benzene rings is 2. The largest absolute Gasteiger partial charge is 0.493 e. The van der Waals surface area contributed by atoms with Gasteiger partial charge in [-0.1, -0.05) is 30.3 Å². The monoisotopic (exact) mass is 363 g/mol. The third-order valence-corrected chi connectivity index (χ3v) is 5.53. The van der Waals surface area contributed by atoms with E-state index in [9.17, 15) is 18.3 Å². The van der Waals surface area contributed by atoms with Crippen molar-refractivity contribution in [1.29, 1.82) is 0 Å². The Bertz CT molecular complexity index is 790. The van der Waals surface area contributed by atoms with Gasteiger partial charge in [0, 0.05) is 31.0 Å². The molecule has 2 aromatic carbocycles. The summed E-state index contributed by atoms with van der Waals surface area (Å²) in [5.74, 6) is 1.02. The Hall–Kier alpha value is -2.05. The van der Waals surface area contributed by atoms with Gasteiger partial charge in [-0.25, -0.2) is 0 Å². The van der Waals surface area contributed by atoms with Crippen LogP contribution in [0.15, 0.2) is 48.5 Å². The van der Waals surface area contributed by atoms with Crippen molar-refractivity contribution in [2.75, 3.05) is 26.3 Å². The summed E-state index contributed by atoms with van der Waals surface area (Å²) >= 11 is 0. The van der Waals surface area contributed by atoms with Crippen molar-refractivity contribution in [3.63, 3.8) is 0 Å². The van der Waals surface area contributed by atoms with Crippen LogP contribution in [0.1, 0.15) is 22.6 Å². The topological polar surface area (TPSA) is 32.7 Å². The molecule has 1 fully saturated rings. The number of nitrogens with zero attached hydrogens (tertiary/aromatic N) is 1. The van der Waals surface area contributed by atoms with Gasteiger partial charge in [-0.2, -0.15) is 13.2 Å². The van der Waals surface area contributed by atoms with Crippen LogP contribution in [0.3, 0.4) is 0 Å². The lowest BCUT2D eigenvalue weighted by Gasteiger charge is -2.38. The van der Waals surface area contributed by atoms with Gasteiger partial charge in [0.25, 0.3) is 0 Å². The fourth-order valence-electron chi connectivity index (χ4n) is 4.15. The van der Waals surface area contributed by atoms with Gasteiger partial charge in [0.15, 0.2) is 0 Å². The average Bonchev–Trinajstić information content (AvgIpc) is 3.00. The van der Waals surface area contributed by atoms with Crippen molar-refractivity contribution in [2.45, 2.75) is 18.6 Å². The van der Waals surface area contributed by atoms with Gasteiger partial charge in [0.1, 0.15) is 5.75 Å². The molecule has 2 aliphatic rings. The quantitative estimate of drug-likeness (QED) is 0.903. The fourth-order valence-corrected chi connectivity index (χ4v) is 4.15. The van der Waals surface area contributed by atoms with Gasteiger partial charge < -0.3 is 9.84 Å². The maximum atomic E-state index is 12.7. The Morgan fingerprint density at radius 3 is 2.54 bits per heavy atom. The summed E-state index contributed by atoms with van der Waals surface area (Å²) in [6.07, 6.45) is -4.32. The molecule has 3 nitrogen and oxygen atoms in total. The van der Waals surface area contributed by atoms with Crippen LogP contribution in [0.2, 0.25) is 0 Å². The van der Waals surface area contributed by atoms with Gasteiger partial charge in [-0.3, -0.25) is 4.90 Å². The second-order valence-corrected chi connectivity index (χ2v) is 7.26. The minimum atomic E-state index is -4.32. The molecule has 0 spiro atoms. The molecule has 0 unspecified atom stereocenters. The van der Waals surface area contributed by atoms with E-state index in [-0.39, 0.29) is 17.9 Å². The van der Waals surface area contributed by atoms with Gasteiger partial charge in [0.05, 0.1) is 18.8 Å². The Kier molecular flexibility index (Phi) is 4.20. The summed E-state index contributed by atoms with van der Waals surface area (Å²) in [5, 5.41) is 10.1. The second-order valence-electron chi connectivity index (χ2n) is 7.26. The molecule has 6 heteroatoms. The molecule has 1 N–H and O–H groups in total. The smallest absolute Gasteiger partial charge is 0.416 e. The zero-order valence-electron chi connectivity index (χ0n) is 14.2. The summed E-state index contributed by atoms with van der Waals surface area (Å²) in [6.45, 7) is 2.44. The fraction of sp³-hybridized carbons (Fsp3) is 0.400. The minimum absolute atomic E-state index is 0.0233. The number of para-hydroxylation sites is 1. The van der Waals surface area contributed by atoms with E-state index in [0.29, 0.717) is 19.7 Å². The van der Waals surface area contributed by atoms with Crippen LogP contribution in [-0.2, 0) is 12.7 Å². The lowest BCUT2D eigenvalue weighted by Crippen LogP contribution is -2.42. The van der Waals surface area contributed by atoms with Crippen molar-refractivity contribution in [1.82, 2.24) is 4.90 Å². The molecule has 0 aliphatic carbocycles. The number of ether oxygens (including phenoxy) is 1. The molecule has 2 aliphatic heterocycles. The van der Waals surface area contributed by atoms with Crippen LogP contribution in [0.4, 0.5) is 13.2 Å². The number of aliphatic hydroxyl groups excluding tert-OH is 1. The first-order chi connectivity index (χ1) is 12.4. The molecule has 0 aromatic heterocycles. The number of aliphatic hydroxyl groups is 1. The zero-order chi connectivity index (χ0) is 18.4. The molecular formula is C20H20F3NO2. The molecule has 0 saturated carbocycles. The summed E-state index contributed by atoms with van der Waals surface area (Å²) in [6, 6.07) is 13.2. The zero-order valence-corrected chi connectivity index (χ0v) is 14.2. The van der Waals surface area contributed by atoms with Crippen LogP contribution < -0.4 is 4.74 Å². The van der Waals surface area contributed by atoms with Gasteiger partial charge in [-0.05, 0) is 29.3 Å².